The smallest absolute Gasteiger partial charge is 0.239 e. The van der Waals surface area contributed by atoms with Gasteiger partial charge in [0.2, 0.25) is 5.91 Å². The Balaban J connectivity index is 3.20. The summed E-state index contributed by atoms with van der Waals surface area (Å²) in [7, 11) is 0. The maximum atomic E-state index is 10.8. The second-order valence-electron chi connectivity index (χ2n) is 2.40. The number of carbonyl (C=O) groups is 1. The molecular weight excluding hydrogens is 302 g/mol. The van der Waals surface area contributed by atoms with Gasteiger partial charge in [-0.25, -0.2) is 0 Å². The number of nitrogens with zero attached hydrogens (tertiary/aromatic N) is 1. The first-order chi connectivity index (χ1) is 6.04. The van der Waals surface area contributed by atoms with E-state index in [1.165, 1.54) is 0 Å². The van der Waals surface area contributed by atoms with Crippen LogP contribution in [0.25, 0.3) is 0 Å². The van der Waals surface area contributed by atoms with Gasteiger partial charge in [0.05, 0.1) is 0 Å². The molecule has 0 bridgehead atoms. The molecule has 4 nitrogen and oxygen atoms in total. The monoisotopic (exact) mass is 307 g/mol. The van der Waals surface area contributed by atoms with Crippen molar-refractivity contribution in [3.8, 4) is 0 Å². The summed E-state index contributed by atoms with van der Waals surface area (Å²) in [5.41, 5.74) is 11.3. The van der Waals surface area contributed by atoms with Crippen molar-refractivity contribution < 1.29 is 4.79 Å². The SMILES string of the molecule is NC(=O)C(N)c1c(Br)cncc1Br. The summed E-state index contributed by atoms with van der Waals surface area (Å²) in [6, 6.07) is -0.827. The molecule has 70 valence electrons. The molecule has 1 rings (SSSR count). The van der Waals surface area contributed by atoms with Crippen LogP contribution in [0.1, 0.15) is 11.6 Å². The number of halogens is 2. The van der Waals surface area contributed by atoms with Crippen LogP contribution in [0.5, 0.6) is 0 Å². The maximum Gasteiger partial charge on any atom is 0.239 e. The van der Waals surface area contributed by atoms with Crippen LogP contribution in [0, 0.1) is 0 Å². The Labute approximate surface area is 92.0 Å². The van der Waals surface area contributed by atoms with Crippen LogP contribution in [0.4, 0.5) is 0 Å². The molecule has 1 amide bonds. The quantitative estimate of drug-likeness (QED) is 0.858. The van der Waals surface area contributed by atoms with E-state index in [-0.39, 0.29) is 0 Å². The molecule has 0 aliphatic carbocycles. The summed E-state index contributed by atoms with van der Waals surface area (Å²) in [5.74, 6) is -0.576. The van der Waals surface area contributed by atoms with E-state index in [0.29, 0.717) is 14.5 Å². The van der Waals surface area contributed by atoms with Gasteiger partial charge in [-0.3, -0.25) is 9.78 Å². The Morgan fingerprint density at radius 1 is 1.38 bits per heavy atom. The molecular formula is C7H7Br2N3O. The first-order valence-electron chi connectivity index (χ1n) is 3.38. The highest BCUT2D eigenvalue weighted by molar-refractivity contribution is 9.11. The number of pyridine rings is 1. The highest BCUT2D eigenvalue weighted by atomic mass is 79.9. The van der Waals surface area contributed by atoms with Crippen LogP contribution in [-0.4, -0.2) is 10.9 Å². The molecule has 0 aliphatic heterocycles. The zero-order chi connectivity index (χ0) is 10.0. The van der Waals surface area contributed by atoms with Crippen molar-refractivity contribution >= 4 is 37.8 Å². The van der Waals surface area contributed by atoms with Crippen molar-refractivity contribution in [3.05, 3.63) is 26.9 Å². The van der Waals surface area contributed by atoms with Gasteiger partial charge in [0.1, 0.15) is 6.04 Å². The van der Waals surface area contributed by atoms with E-state index in [1.807, 2.05) is 0 Å². The molecule has 1 atom stereocenters. The van der Waals surface area contributed by atoms with Gasteiger partial charge < -0.3 is 11.5 Å². The van der Waals surface area contributed by atoms with Crippen molar-refractivity contribution in [3.63, 3.8) is 0 Å². The second-order valence-corrected chi connectivity index (χ2v) is 4.11. The van der Waals surface area contributed by atoms with Gasteiger partial charge in [-0.05, 0) is 31.9 Å². The number of carbonyl (C=O) groups excluding carboxylic acids is 1. The number of hydrogen-bond donors (Lipinski definition) is 2. The molecule has 0 saturated heterocycles. The summed E-state index contributed by atoms with van der Waals surface area (Å²) >= 11 is 6.47. The Bertz CT molecular complexity index is 322. The van der Waals surface area contributed by atoms with E-state index in [2.05, 4.69) is 36.8 Å². The summed E-state index contributed by atoms with van der Waals surface area (Å²) in [6.45, 7) is 0. The van der Waals surface area contributed by atoms with Crippen molar-refractivity contribution in [1.29, 1.82) is 0 Å². The number of rotatable bonds is 2. The molecule has 0 aromatic carbocycles. The van der Waals surface area contributed by atoms with E-state index in [9.17, 15) is 4.79 Å². The minimum Gasteiger partial charge on any atom is -0.368 e. The molecule has 0 aliphatic rings. The topological polar surface area (TPSA) is 82.0 Å². The molecule has 4 N–H and O–H groups in total. The number of nitrogens with two attached hydrogens (primary N) is 2. The van der Waals surface area contributed by atoms with Gasteiger partial charge >= 0.3 is 0 Å². The number of amides is 1. The van der Waals surface area contributed by atoms with Gasteiger partial charge in [-0.15, -0.1) is 0 Å². The van der Waals surface area contributed by atoms with Crippen LogP contribution in [0.3, 0.4) is 0 Å². The lowest BCUT2D eigenvalue weighted by Crippen LogP contribution is -2.28. The molecule has 1 heterocycles. The number of primary amides is 1. The lowest BCUT2D eigenvalue weighted by atomic mass is 10.1. The number of hydrogen-bond acceptors (Lipinski definition) is 3. The summed E-state index contributed by atoms with van der Waals surface area (Å²) in [5, 5.41) is 0. The lowest BCUT2D eigenvalue weighted by Gasteiger charge is -2.11. The molecule has 1 aromatic heterocycles. The summed E-state index contributed by atoms with van der Waals surface area (Å²) < 4.78 is 1.32. The van der Waals surface area contributed by atoms with Gasteiger partial charge in [-0.1, -0.05) is 0 Å². The van der Waals surface area contributed by atoms with E-state index >= 15 is 0 Å². The summed E-state index contributed by atoms with van der Waals surface area (Å²) in [4.78, 5) is 14.7. The Hall–Kier alpha value is -0.460. The fourth-order valence-corrected chi connectivity index (χ4v) is 2.28. The van der Waals surface area contributed by atoms with E-state index in [0.717, 1.165) is 0 Å². The standard InChI is InChI=1S/C7H7Br2N3O/c8-3-1-12-2-4(9)5(3)6(10)7(11)13/h1-2,6H,10H2,(H2,11,13). The molecule has 1 unspecified atom stereocenters. The van der Waals surface area contributed by atoms with Crippen LogP contribution in [-0.2, 0) is 4.79 Å². The fourth-order valence-electron chi connectivity index (χ4n) is 0.861. The number of aromatic nitrogens is 1. The summed E-state index contributed by atoms with van der Waals surface area (Å²) in [6.07, 6.45) is 3.12. The average molecular weight is 309 g/mol. The molecule has 0 spiro atoms. The molecule has 13 heavy (non-hydrogen) atoms. The van der Waals surface area contributed by atoms with Gasteiger partial charge in [-0.2, -0.15) is 0 Å². The Morgan fingerprint density at radius 2 is 1.85 bits per heavy atom. The average Bonchev–Trinajstić information content (AvgIpc) is 2.03. The Morgan fingerprint density at radius 3 is 2.23 bits per heavy atom. The van der Waals surface area contributed by atoms with Crippen molar-refractivity contribution in [2.75, 3.05) is 0 Å². The van der Waals surface area contributed by atoms with Gasteiger partial charge in [0.15, 0.2) is 0 Å². The Kier molecular flexibility index (Phi) is 3.40. The first kappa shape index (κ1) is 10.6. The van der Waals surface area contributed by atoms with Crippen molar-refractivity contribution in [1.82, 2.24) is 4.98 Å². The van der Waals surface area contributed by atoms with Gasteiger partial charge in [0, 0.05) is 26.9 Å². The normalized spacial score (nSPS) is 12.5. The van der Waals surface area contributed by atoms with Gasteiger partial charge in [0.25, 0.3) is 0 Å². The largest absolute Gasteiger partial charge is 0.368 e. The molecule has 0 saturated carbocycles. The minimum atomic E-state index is -0.827. The predicted molar refractivity (Wildman–Crippen MR) is 55.8 cm³/mol. The van der Waals surface area contributed by atoms with E-state index < -0.39 is 11.9 Å². The zero-order valence-corrected chi connectivity index (χ0v) is 9.67. The van der Waals surface area contributed by atoms with Crippen molar-refractivity contribution in [2.45, 2.75) is 6.04 Å². The third kappa shape index (κ3) is 2.26. The maximum absolute atomic E-state index is 10.8. The fraction of sp³-hybridized carbons (Fsp3) is 0.143. The molecule has 1 aromatic rings. The highest BCUT2D eigenvalue weighted by Crippen LogP contribution is 2.28. The molecule has 6 heteroatoms. The van der Waals surface area contributed by atoms with Crippen molar-refractivity contribution in [2.24, 2.45) is 11.5 Å². The van der Waals surface area contributed by atoms with E-state index in [4.69, 9.17) is 11.5 Å². The first-order valence-corrected chi connectivity index (χ1v) is 4.96. The third-order valence-corrected chi connectivity index (χ3v) is 2.77. The second kappa shape index (κ2) is 4.17. The highest BCUT2D eigenvalue weighted by Gasteiger charge is 2.18. The molecule has 0 radical (unpaired) electrons. The third-order valence-electron chi connectivity index (χ3n) is 1.51. The van der Waals surface area contributed by atoms with Crippen LogP contribution in [0.15, 0.2) is 21.3 Å². The van der Waals surface area contributed by atoms with E-state index in [1.54, 1.807) is 12.4 Å². The predicted octanol–water partition coefficient (Wildman–Crippen LogP) is 1.09. The lowest BCUT2D eigenvalue weighted by molar-refractivity contribution is -0.119. The van der Waals surface area contributed by atoms with Crippen LogP contribution in [0.2, 0.25) is 0 Å². The van der Waals surface area contributed by atoms with Crippen LogP contribution < -0.4 is 11.5 Å². The minimum absolute atomic E-state index is 0.576. The molecule has 0 fully saturated rings. The zero-order valence-electron chi connectivity index (χ0n) is 6.50. The van der Waals surface area contributed by atoms with Crippen LogP contribution >= 0.6 is 31.9 Å².